The minimum atomic E-state index is -0.466. The van der Waals surface area contributed by atoms with Crippen molar-refractivity contribution in [1.29, 1.82) is 0 Å². The second-order valence-corrected chi connectivity index (χ2v) is 11.9. The van der Waals surface area contributed by atoms with E-state index >= 15 is 0 Å². The Morgan fingerprint density at radius 3 is 2.30 bits per heavy atom. The highest BCUT2D eigenvalue weighted by Crippen LogP contribution is 2.51. The summed E-state index contributed by atoms with van der Waals surface area (Å²) in [6.45, 7) is -0.109. The van der Waals surface area contributed by atoms with Crippen LogP contribution in [0.15, 0.2) is 66.7 Å². The fourth-order valence-corrected chi connectivity index (χ4v) is 6.72. The van der Waals surface area contributed by atoms with Gasteiger partial charge in [0.05, 0.1) is 39.2 Å². The van der Waals surface area contributed by atoms with Crippen molar-refractivity contribution in [3.05, 3.63) is 77.9 Å². The molecule has 3 aromatic rings. The number of hydrogen-bond donors (Lipinski definition) is 3. The zero-order valence-electron chi connectivity index (χ0n) is 24.6. The van der Waals surface area contributed by atoms with E-state index in [1.165, 1.54) is 7.11 Å². The number of piperidine rings is 1. The molecule has 0 radical (unpaired) electrons. The van der Waals surface area contributed by atoms with Gasteiger partial charge in [0.1, 0.15) is 36.1 Å². The fraction of sp³-hybridized carbons (Fsp3) is 0.394. The number of nitrogens with one attached hydrogen (secondary N) is 2. The van der Waals surface area contributed by atoms with E-state index in [-0.39, 0.29) is 49.0 Å². The van der Waals surface area contributed by atoms with Gasteiger partial charge in [0, 0.05) is 24.8 Å². The molecule has 228 valence electrons. The molecule has 0 saturated carbocycles. The van der Waals surface area contributed by atoms with Crippen LogP contribution in [0.3, 0.4) is 0 Å². The maximum Gasteiger partial charge on any atom is 0.411 e. The fourth-order valence-electron chi connectivity index (χ4n) is 6.72. The third-order valence-corrected chi connectivity index (χ3v) is 9.08. The molecule has 10 heteroatoms. The van der Waals surface area contributed by atoms with Gasteiger partial charge < -0.3 is 53.1 Å². The first-order valence-corrected chi connectivity index (χ1v) is 14.5. The molecule has 6 rings (SSSR count). The number of carbonyl (C=O) groups excluding carboxylic acids is 2. The number of hydrogen-bond acceptors (Lipinski definition) is 6. The van der Waals surface area contributed by atoms with Crippen molar-refractivity contribution >= 4 is 23.4 Å². The summed E-state index contributed by atoms with van der Waals surface area (Å²) in [5.41, 5.74) is 4.66. The molecule has 3 N–H and O–H groups in total. The lowest BCUT2D eigenvalue weighted by Gasteiger charge is -2.45. The number of halogens is 1. The molecule has 3 fully saturated rings. The van der Waals surface area contributed by atoms with Gasteiger partial charge in [-0.2, -0.15) is 0 Å². The number of aliphatic hydroxyl groups is 1. The summed E-state index contributed by atoms with van der Waals surface area (Å²) in [4.78, 5) is 26.0. The second kappa shape index (κ2) is 12.8. The lowest BCUT2D eigenvalue weighted by Crippen LogP contribution is -3.00. The molecule has 9 nitrogen and oxygen atoms in total. The third kappa shape index (κ3) is 6.52. The summed E-state index contributed by atoms with van der Waals surface area (Å²) >= 11 is 0. The van der Waals surface area contributed by atoms with Gasteiger partial charge >= 0.3 is 6.09 Å². The van der Waals surface area contributed by atoms with Crippen LogP contribution in [0.1, 0.15) is 30.4 Å². The van der Waals surface area contributed by atoms with Crippen LogP contribution in [0.5, 0.6) is 5.75 Å². The number of epoxide rings is 1. The number of aliphatic hydroxyl groups excluding tert-OH is 1. The van der Waals surface area contributed by atoms with Crippen LogP contribution in [0, 0.1) is 0 Å². The second-order valence-electron chi connectivity index (χ2n) is 11.9. The number of amides is 2. The molecular weight excluding hydrogens is 661 g/mol. The third-order valence-electron chi connectivity index (χ3n) is 9.08. The van der Waals surface area contributed by atoms with E-state index < -0.39 is 6.09 Å². The topological polar surface area (TPSA) is 109 Å². The van der Waals surface area contributed by atoms with Crippen molar-refractivity contribution in [2.75, 3.05) is 31.8 Å². The first-order valence-electron chi connectivity index (χ1n) is 14.5. The highest BCUT2D eigenvalue weighted by molar-refractivity contribution is 5.93. The quantitative estimate of drug-likeness (QED) is 0.179. The summed E-state index contributed by atoms with van der Waals surface area (Å²) in [7, 11) is 6.03. The number of fused-ring (bicyclic) bond motifs is 5. The van der Waals surface area contributed by atoms with Crippen LogP contribution in [-0.4, -0.2) is 73.2 Å². The average Bonchev–Trinajstić information content (AvgIpc) is 3.75. The van der Waals surface area contributed by atoms with Crippen LogP contribution in [0.25, 0.3) is 11.1 Å². The predicted octanol–water partition coefficient (Wildman–Crippen LogP) is 1.74. The zero-order chi connectivity index (χ0) is 29.4. The van der Waals surface area contributed by atoms with Gasteiger partial charge in [0.15, 0.2) is 0 Å². The van der Waals surface area contributed by atoms with Crippen LogP contribution in [0.4, 0.5) is 16.2 Å². The normalized spacial score (nSPS) is 24.2. The van der Waals surface area contributed by atoms with Crippen molar-refractivity contribution in [2.24, 2.45) is 0 Å². The molecule has 2 amide bonds. The minimum absolute atomic E-state index is 0. The molecule has 0 aromatic heterocycles. The van der Waals surface area contributed by atoms with E-state index in [9.17, 15) is 14.7 Å². The molecule has 3 heterocycles. The molecular formula is C33H38IN3O6. The van der Waals surface area contributed by atoms with Gasteiger partial charge in [-0.25, -0.2) is 4.79 Å². The Balaban J connectivity index is 0.00000368. The molecule has 1 unspecified atom stereocenters. The number of benzene rings is 3. The van der Waals surface area contributed by atoms with Crippen molar-refractivity contribution in [3.8, 4) is 16.9 Å². The summed E-state index contributed by atoms with van der Waals surface area (Å²) in [5.74, 6) is 0.325. The Hall–Kier alpha value is -3.19. The van der Waals surface area contributed by atoms with Gasteiger partial charge in [-0.05, 0) is 41.3 Å². The maximum atomic E-state index is 13.2. The molecule has 3 saturated heterocycles. The number of carbonyl (C=O) groups is 2. The molecule has 5 atom stereocenters. The van der Waals surface area contributed by atoms with Crippen LogP contribution >= 0.6 is 0 Å². The standard InChI is InChI=1S/C33H37N3O6.HI/c1-36(2)27-17-23(18-28(36)32-31(27)42-32)41-33(39)35-26-15-20(9-12-24(26)22-7-5-4-6-8-22)11-14-30(38)34-25-13-10-21(19-37)16-29(25)40-3;/h4-10,12-13,15-16,23,27-28,31-32,37H,11,14,17-19H2,1-3H3,(H-,34,35,38,39);1H/t23?,27-,28+,31-,32+;. The number of nitrogens with zero attached hydrogens (tertiary/aromatic N) is 1. The van der Waals surface area contributed by atoms with Crippen LogP contribution in [-0.2, 0) is 27.3 Å². The van der Waals surface area contributed by atoms with Crippen LogP contribution < -0.4 is 39.3 Å². The largest absolute Gasteiger partial charge is 1.00 e. The number of likely N-dealkylation sites (N-methyl/N-ethyl adjacent to an activating group) is 1. The maximum absolute atomic E-state index is 13.2. The lowest BCUT2D eigenvalue weighted by atomic mass is 9.96. The van der Waals surface area contributed by atoms with Gasteiger partial charge in [-0.3, -0.25) is 10.1 Å². The smallest absolute Gasteiger partial charge is 0.411 e. The van der Waals surface area contributed by atoms with E-state index in [0.717, 1.165) is 34.0 Å². The minimum Gasteiger partial charge on any atom is -1.00 e. The molecule has 0 spiro atoms. The number of rotatable bonds is 9. The Bertz CT molecular complexity index is 1460. The Morgan fingerprint density at radius 1 is 0.930 bits per heavy atom. The van der Waals surface area contributed by atoms with E-state index in [4.69, 9.17) is 14.2 Å². The summed E-state index contributed by atoms with van der Waals surface area (Å²) < 4.78 is 18.1. The zero-order valence-corrected chi connectivity index (χ0v) is 26.7. The van der Waals surface area contributed by atoms with Crippen molar-refractivity contribution in [3.63, 3.8) is 0 Å². The highest BCUT2D eigenvalue weighted by atomic mass is 127. The SMILES string of the molecule is COc1cc(CO)ccc1NC(=O)CCc1ccc(-c2ccccc2)c(NC(=O)OC2C[C@@H]3[C@H]4O[C@H]4[C@H](C2)[N+]3(C)C)c1.[I-]. The van der Waals surface area contributed by atoms with E-state index in [0.29, 0.717) is 53.4 Å². The Morgan fingerprint density at radius 2 is 1.63 bits per heavy atom. The molecule has 43 heavy (non-hydrogen) atoms. The highest BCUT2D eigenvalue weighted by Gasteiger charge is 2.70. The monoisotopic (exact) mass is 699 g/mol. The number of methoxy groups -OCH3 is 1. The molecule has 3 aliphatic heterocycles. The van der Waals surface area contributed by atoms with Crippen LogP contribution in [0.2, 0.25) is 0 Å². The Labute approximate surface area is 269 Å². The number of aryl methyl sites for hydroxylation is 1. The van der Waals surface area contributed by atoms with E-state index in [1.807, 2.05) is 48.5 Å². The van der Waals surface area contributed by atoms with Gasteiger partial charge in [0.2, 0.25) is 5.91 Å². The first-order chi connectivity index (χ1) is 20.3. The first kappa shape index (κ1) is 31.2. The summed E-state index contributed by atoms with van der Waals surface area (Å²) in [6, 6.07) is 21.6. The van der Waals surface area contributed by atoms with Crippen molar-refractivity contribution in [2.45, 2.75) is 62.7 Å². The number of anilines is 2. The number of ether oxygens (including phenoxy) is 3. The molecule has 2 bridgehead atoms. The average molecular weight is 700 g/mol. The molecule has 3 aliphatic rings. The van der Waals surface area contributed by atoms with Crippen molar-refractivity contribution in [1.82, 2.24) is 0 Å². The summed E-state index contributed by atoms with van der Waals surface area (Å²) in [5, 5.41) is 15.3. The molecule has 3 aromatic carbocycles. The summed E-state index contributed by atoms with van der Waals surface area (Å²) in [6.07, 6.45) is 2.29. The van der Waals surface area contributed by atoms with Gasteiger partial charge in [-0.1, -0.05) is 48.5 Å². The lowest BCUT2D eigenvalue weighted by molar-refractivity contribution is -0.938. The predicted molar refractivity (Wildman–Crippen MR) is 159 cm³/mol. The van der Waals surface area contributed by atoms with Crippen molar-refractivity contribution < 1.29 is 57.4 Å². The molecule has 0 aliphatic carbocycles. The number of morpholine rings is 1. The van der Waals surface area contributed by atoms with E-state index in [1.54, 1.807) is 18.2 Å². The van der Waals surface area contributed by atoms with E-state index in [2.05, 4.69) is 24.7 Å². The van der Waals surface area contributed by atoms with Gasteiger partial charge in [0.25, 0.3) is 0 Å². The Kier molecular flexibility index (Phi) is 9.31. The van der Waals surface area contributed by atoms with Gasteiger partial charge in [-0.15, -0.1) is 0 Å². The number of quaternary nitrogens is 1.